The number of hydrogen-bond donors (Lipinski definition) is 1. The van der Waals surface area contributed by atoms with Gasteiger partial charge in [0.1, 0.15) is 29.0 Å². The van der Waals surface area contributed by atoms with E-state index >= 15 is 0 Å². The number of nitrogens with zero attached hydrogens (tertiary/aromatic N) is 3. The molecule has 0 spiro atoms. The Balaban J connectivity index is 2.21. The van der Waals surface area contributed by atoms with Crippen molar-refractivity contribution in [3.8, 4) is 0 Å². The van der Waals surface area contributed by atoms with Crippen LogP contribution in [-0.4, -0.2) is 40.4 Å². The molecule has 1 aliphatic carbocycles. The van der Waals surface area contributed by atoms with Gasteiger partial charge in [0.2, 0.25) is 10.0 Å². The number of rotatable bonds is 10. The minimum absolute atomic E-state index is 0.132. The van der Waals surface area contributed by atoms with Crippen LogP contribution in [0.5, 0.6) is 0 Å². The number of ether oxygens (including phenoxy) is 1. The molecule has 0 saturated heterocycles. The second kappa shape index (κ2) is 8.38. The van der Waals surface area contributed by atoms with Gasteiger partial charge < -0.3 is 4.74 Å². The van der Waals surface area contributed by atoms with Crippen LogP contribution in [0.1, 0.15) is 45.1 Å². The molecule has 1 unspecified atom stereocenters. The highest BCUT2D eigenvalue weighted by Crippen LogP contribution is 2.58. The minimum atomic E-state index is -4.05. The highest BCUT2D eigenvalue weighted by Gasteiger charge is 2.71. The number of sulfonamides is 1. The lowest BCUT2D eigenvalue weighted by atomic mass is 9.87. The summed E-state index contributed by atoms with van der Waals surface area (Å²) in [6, 6.07) is 2.76. The lowest BCUT2D eigenvalue weighted by Gasteiger charge is -2.40. The van der Waals surface area contributed by atoms with Crippen LogP contribution in [-0.2, 0) is 31.7 Å². The first-order valence-electron chi connectivity index (χ1n) is 9.64. The molecular weight excluding hydrogens is 418 g/mol. The van der Waals surface area contributed by atoms with Crippen molar-refractivity contribution in [3.05, 3.63) is 48.1 Å². The molecule has 1 atom stereocenters. The van der Waals surface area contributed by atoms with Crippen LogP contribution in [0.25, 0.3) is 0 Å². The molecule has 1 aromatic heterocycles. The minimum Gasteiger partial charge on any atom is -0.450 e. The first kappa shape index (κ1) is 22.3. The van der Waals surface area contributed by atoms with E-state index in [9.17, 15) is 22.0 Å². The summed E-state index contributed by atoms with van der Waals surface area (Å²) in [6.07, 6.45) is 4.19. The monoisotopic (exact) mass is 442 g/mol. The predicted molar refractivity (Wildman–Crippen MR) is 104 cm³/mol. The summed E-state index contributed by atoms with van der Waals surface area (Å²) < 4.78 is 63.1. The van der Waals surface area contributed by atoms with E-state index in [1.165, 1.54) is 17.3 Å². The van der Waals surface area contributed by atoms with Crippen LogP contribution < -0.4 is 4.72 Å². The van der Waals surface area contributed by atoms with Crippen molar-refractivity contribution >= 4 is 16.0 Å². The van der Waals surface area contributed by atoms with Crippen molar-refractivity contribution < 1.29 is 26.7 Å². The van der Waals surface area contributed by atoms with E-state index in [2.05, 4.69) is 14.8 Å². The molecule has 0 aliphatic heterocycles. The second-order valence-electron chi connectivity index (χ2n) is 7.38. The van der Waals surface area contributed by atoms with Crippen LogP contribution in [0, 0.1) is 11.6 Å². The number of unbranched alkanes of at least 4 members (excludes halogenated alkanes) is 1. The molecule has 1 N–H and O–H groups in total. The van der Waals surface area contributed by atoms with Crippen molar-refractivity contribution in [1.82, 2.24) is 19.5 Å². The van der Waals surface area contributed by atoms with Crippen molar-refractivity contribution in [1.29, 1.82) is 0 Å². The zero-order valence-corrected chi connectivity index (χ0v) is 17.6. The van der Waals surface area contributed by atoms with Crippen molar-refractivity contribution in [3.63, 3.8) is 0 Å². The number of esters is 1. The molecule has 2 aromatic rings. The Bertz CT molecular complexity index is 1010. The molecule has 164 valence electrons. The Hall–Kier alpha value is -2.40. The molecule has 1 fully saturated rings. The number of hydrogen-bond acceptors (Lipinski definition) is 6. The molecule has 30 heavy (non-hydrogen) atoms. The predicted octanol–water partition coefficient (Wildman–Crippen LogP) is 2.27. The molecule has 3 rings (SSSR count). The summed E-state index contributed by atoms with van der Waals surface area (Å²) in [7, 11) is -4.05. The molecule has 1 saturated carbocycles. The first-order chi connectivity index (χ1) is 14.2. The van der Waals surface area contributed by atoms with Gasteiger partial charge in [0.25, 0.3) is 0 Å². The third kappa shape index (κ3) is 3.95. The lowest BCUT2D eigenvalue weighted by Crippen LogP contribution is -2.56. The number of carbonyl (C=O) groups is 1. The third-order valence-electron chi connectivity index (χ3n) is 5.31. The highest BCUT2D eigenvalue weighted by molar-refractivity contribution is 7.91. The zero-order valence-electron chi connectivity index (χ0n) is 16.8. The van der Waals surface area contributed by atoms with E-state index in [0.29, 0.717) is 12.5 Å². The fourth-order valence-corrected chi connectivity index (χ4v) is 5.76. The fraction of sp³-hybridized carbons (Fsp3) is 0.526. The van der Waals surface area contributed by atoms with E-state index in [0.717, 1.165) is 25.5 Å². The summed E-state index contributed by atoms with van der Waals surface area (Å²) in [5.41, 5.74) is -2.20. The van der Waals surface area contributed by atoms with Gasteiger partial charge in [0, 0.05) is 25.1 Å². The fourth-order valence-electron chi connectivity index (χ4n) is 3.78. The van der Waals surface area contributed by atoms with Crippen molar-refractivity contribution in [2.24, 2.45) is 0 Å². The summed E-state index contributed by atoms with van der Waals surface area (Å²) in [6.45, 7) is 2.93. The molecule has 1 aromatic carbocycles. The Labute approximate surface area is 173 Å². The number of nitrogens with one attached hydrogen (secondary N) is 1. The highest BCUT2D eigenvalue weighted by atomic mass is 32.2. The maximum Gasteiger partial charge on any atom is 0.303 e. The molecule has 0 amide bonds. The molecule has 8 nitrogen and oxygen atoms in total. The Morgan fingerprint density at radius 1 is 1.37 bits per heavy atom. The van der Waals surface area contributed by atoms with Crippen LogP contribution in [0.3, 0.4) is 0 Å². The zero-order chi connectivity index (χ0) is 22.0. The summed E-state index contributed by atoms with van der Waals surface area (Å²) in [5.74, 6) is -2.64. The van der Waals surface area contributed by atoms with E-state index in [-0.39, 0.29) is 31.5 Å². The molecule has 11 heteroatoms. The van der Waals surface area contributed by atoms with Gasteiger partial charge >= 0.3 is 5.97 Å². The van der Waals surface area contributed by atoms with Gasteiger partial charge in [-0.3, -0.25) is 4.79 Å². The van der Waals surface area contributed by atoms with Crippen LogP contribution in [0.2, 0.25) is 0 Å². The van der Waals surface area contributed by atoms with E-state index < -0.39 is 38.0 Å². The Morgan fingerprint density at radius 3 is 2.63 bits per heavy atom. The molecule has 1 aliphatic rings. The van der Waals surface area contributed by atoms with Crippen LogP contribution >= 0.6 is 0 Å². The maximum atomic E-state index is 15.0. The van der Waals surface area contributed by atoms with Crippen molar-refractivity contribution in [2.45, 2.75) is 56.4 Å². The number of aromatic nitrogens is 3. The average Bonchev–Trinajstić information content (AvgIpc) is 3.34. The molecular formula is C19H24F2N4O4S. The van der Waals surface area contributed by atoms with Gasteiger partial charge in [0.05, 0.1) is 6.54 Å². The largest absolute Gasteiger partial charge is 0.450 e. The van der Waals surface area contributed by atoms with Gasteiger partial charge in [-0.1, -0.05) is 13.3 Å². The van der Waals surface area contributed by atoms with Crippen molar-refractivity contribution in [2.75, 3.05) is 6.54 Å². The molecule has 1 heterocycles. The molecule has 0 radical (unpaired) electrons. The third-order valence-corrected chi connectivity index (χ3v) is 7.66. The Morgan fingerprint density at radius 2 is 2.10 bits per heavy atom. The van der Waals surface area contributed by atoms with Gasteiger partial charge in [-0.15, -0.1) is 0 Å². The van der Waals surface area contributed by atoms with E-state index in [4.69, 9.17) is 4.74 Å². The standard InChI is InChI=1S/C19H24F2N4O4S/c1-3-4-9-24-30(27,28)18(7-8-18)19(29-14(2)26,11-25-13-22-12-23-25)16-6-5-15(20)10-17(16)21/h5-6,10,12-13,24H,3-4,7-9,11H2,1-2H3. The van der Waals surface area contributed by atoms with Gasteiger partial charge in [-0.05, 0) is 31.4 Å². The molecule has 0 bridgehead atoms. The van der Waals surface area contributed by atoms with Gasteiger partial charge in [-0.2, -0.15) is 5.10 Å². The van der Waals surface area contributed by atoms with E-state index in [1.54, 1.807) is 0 Å². The summed E-state index contributed by atoms with van der Waals surface area (Å²) >= 11 is 0. The van der Waals surface area contributed by atoms with Crippen LogP contribution in [0.15, 0.2) is 30.9 Å². The second-order valence-corrected chi connectivity index (χ2v) is 9.46. The summed E-state index contributed by atoms with van der Waals surface area (Å²) in [5, 5.41) is 3.98. The normalized spacial score (nSPS) is 17.3. The summed E-state index contributed by atoms with van der Waals surface area (Å²) in [4.78, 5) is 16.0. The first-order valence-corrected chi connectivity index (χ1v) is 11.1. The van der Waals surface area contributed by atoms with Crippen LogP contribution in [0.4, 0.5) is 8.78 Å². The van der Waals surface area contributed by atoms with E-state index in [1.807, 2.05) is 6.92 Å². The smallest absolute Gasteiger partial charge is 0.303 e. The topological polar surface area (TPSA) is 103 Å². The average molecular weight is 442 g/mol. The SMILES string of the molecule is CCCCNS(=O)(=O)C1(C(Cn2cncn2)(OC(C)=O)c2ccc(F)cc2F)CC1. The number of benzene rings is 1. The lowest BCUT2D eigenvalue weighted by molar-refractivity contribution is -0.162. The Kier molecular flexibility index (Phi) is 6.23. The van der Waals surface area contributed by atoms with Gasteiger partial charge in [0.15, 0.2) is 5.60 Å². The number of halogens is 2. The van der Waals surface area contributed by atoms with Gasteiger partial charge in [-0.25, -0.2) is 31.6 Å². The quantitative estimate of drug-likeness (QED) is 0.447. The number of carbonyl (C=O) groups excluding carboxylic acids is 1. The maximum absolute atomic E-state index is 15.0.